The Labute approximate surface area is 130 Å². The van der Waals surface area contributed by atoms with Crippen LogP contribution in [0.1, 0.15) is 34.4 Å². The van der Waals surface area contributed by atoms with Crippen LogP contribution in [-0.2, 0) is 13.0 Å². The van der Waals surface area contributed by atoms with Crippen LogP contribution in [0.15, 0.2) is 30.3 Å². The maximum atomic E-state index is 12.5. The zero-order valence-electron chi connectivity index (χ0n) is 12.9. The fraction of sp³-hybridized carbons (Fsp3) is 0.353. The lowest BCUT2D eigenvalue weighted by Crippen LogP contribution is -2.36. The molecule has 0 aliphatic carbocycles. The van der Waals surface area contributed by atoms with Crippen LogP contribution in [0.3, 0.4) is 0 Å². The van der Waals surface area contributed by atoms with E-state index in [1.807, 2.05) is 43.0 Å². The molecule has 0 unspecified atom stereocenters. The minimum atomic E-state index is -0.0248. The lowest BCUT2D eigenvalue weighted by molar-refractivity contribution is 0.0727. The number of pyridine rings is 2. The number of carbonyl (C=O) groups excluding carboxylic acids is 1. The summed E-state index contributed by atoms with van der Waals surface area (Å²) >= 11 is 0. The van der Waals surface area contributed by atoms with Gasteiger partial charge in [0.2, 0.25) is 5.88 Å². The van der Waals surface area contributed by atoms with Crippen molar-refractivity contribution in [3.05, 3.63) is 53.0 Å². The van der Waals surface area contributed by atoms with E-state index in [0.717, 1.165) is 23.4 Å². The number of aryl methyl sites for hydroxylation is 1. The van der Waals surface area contributed by atoms with Gasteiger partial charge in [-0.15, -0.1) is 0 Å². The Morgan fingerprint density at radius 3 is 2.91 bits per heavy atom. The first-order valence-electron chi connectivity index (χ1n) is 7.52. The molecule has 3 heterocycles. The smallest absolute Gasteiger partial charge is 0.272 e. The van der Waals surface area contributed by atoms with Gasteiger partial charge in [-0.25, -0.2) is 9.97 Å². The molecule has 0 aromatic carbocycles. The van der Waals surface area contributed by atoms with Gasteiger partial charge in [0.15, 0.2) is 0 Å². The number of carbonyl (C=O) groups is 1. The van der Waals surface area contributed by atoms with E-state index in [-0.39, 0.29) is 5.91 Å². The molecular formula is C17H19N3O2. The predicted octanol–water partition coefficient (Wildman–Crippen LogP) is 2.38. The highest BCUT2D eigenvalue weighted by Crippen LogP contribution is 2.21. The summed E-state index contributed by atoms with van der Waals surface area (Å²) in [4.78, 5) is 23.2. The summed E-state index contributed by atoms with van der Waals surface area (Å²) < 4.78 is 5.43. The average Bonchev–Trinajstić information content (AvgIpc) is 2.54. The van der Waals surface area contributed by atoms with Gasteiger partial charge in [0, 0.05) is 31.3 Å². The van der Waals surface area contributed by atoms with Crippen molar-refractivity contribution in [2.24, 2.45) is 0 Å². The van der Waals surface area contributed by atoms with Gasteiger partial charge in [0.1, 0.15) is 5.69 Å². The van der Waals surface area contributed by atoms with Gasteiger partial charge in [-0.2, -0.15) is 0 Å². The molecule has 1 amide bonds. The fourth-order valence-electron chi connectivity index (χ4n) is 2.62. The first-order chi connectivity index (χ1) is 10.7. The number of rotatable bonds is 3. The molecule has 2 aromatic heterocycles. The van der Waals surface area contributed by atoms with Gasteiger partial charge in [-0.3, -0.25) is 4.79 Å². The van der Waals surface area contributed by atoms with E-state index in [9.17, 15) is 4.79 Å². The summed E-state index contributed by atoms with van der Waals surface area (Å²) in [5.41, 5.74) is 3.46. The molecule has 5 nitrogen and oxygen atoms in total. The van der Waals surface area contributed by atoms with Gasteiger partial charge in [0.05, 0.1) is 12.3 Å². The number of nitrogens with zero attached hydrogens (tertiary/aromatic N) is 3. The third kappa shape index (κ3) is 2.93. The van der Waals surface area contributed by atoms with Crippen LogP contribution < -0.4 is 4.74 Å². The number of aromatic nitrogens is 2. The predicted molar refractivity (Wildman–Crippen MR) is 82.8 cm³/mol. The van der Waals surface area contributed by atoms with E-state index in [1.165, 1.54) is 0 Å². The molecule has 0 saturated heterocycles. The summed E-state index contributed by atoms with van der Waals surface area (Å²) in [6, 6.07) is 9.38. The molecule has 0 spiro atoms. The molecule has 0 bridgehead atoms. The van der Waals surface area contributed by atoms with E-state index >= 15 is 0 Å². The summed E-state index contributed by atoms with van der Waals surface area (Å²) in [5, 5.41) is 0. The van der Waals surface area contributed by atoms with Crippen molar-refractivity contribution in [3.8, 4) is 5.88 Å². The van der Waals surface area contributed by atoms with E-state index in [4.69, 9.17) is 4.74 Å². The quantitative estimate of drug-likeness (QED) is 0.873. The maximum absolute atomic E-state index is 12.5. The molecule has 114 valence electrons. The van der Waals surface area contributed by atoms with Gasteiger partial charge in [0.25, 0.3) is 5.91 Å². The second kappa shape index (κ2) is 6.13. The normalized spacial score (nSPS) is 13.6. The summed E-state index contributed by atoms with van der Waals surface area (Å²) in [5.74, 6) is 0.629. The molecule has 0 radical (unpaired) electrons. The Morgan fingerprint density at radius 2 is 2.14 bits per heavy atom. The van der Waals surface area contributed by atoms with Crippen molar-refractivity contribution in [1.82, 2.24) is 14.9 Å². The van der Waals surface area contributed by atoms with E-state index < -0.39 is 0 Å². The van der Waals surface area contributed by atoms with Crippen LogP contribution in [0, 0.1) is 6.92 Å². The van der Waals surface area contributed by atoms with Gasteiger partial charge in [-0.05, 0) is 31.5 Å². The van der Waals surface area contributed by atoms with Crippen molar-refractivity contribution in [2.75, 3.05) is 13.2 Å². The maximum Gasteiger partial charge on any atom is 0.272 e. The van der Waals surface area contributed by atoms with E-state index in [0.29, 0.717) is 31.3 Å². The highest BCUT2D eigenvalue weighted by Gasteiger charge is 2.23. The molecule has 22 heavy (non-hydrogen) atoms. The van der Waals surface area contributed by atoms with Crippen LogP contribution in [0.25, 0.3) is 0 Å². The van der Waals surface area contributed by atoms with E-state index in [1.54, 1.807) is 6.07 Å². The van der Waals surface area contributed by atoms with Crippen LogP contribution in [-0.4, -0.2) is 33.9 Å². The number of hydrogen-bond donors (Lipinski definition) is 0. The zero-order valence-corrected chi connectivity index (χ0v) is 12.9. The molecule has 1 aliphatic rings. The average molecular weight is 297 g/mol. The van der Waals surface area contributed by atoms with Crippen molar-refractivity contribution < 1.29 is 9.53 Å². The molecule has 5 heteroatoms. The molecule has 0 atom stereocenters. The third-order valence-electron chi connectivity index (χ3n) is 3.71. The van der Waals surface area contributed by atoms with E-state index in [2.05, 4.69) is 9.97 Å². The number of ether oxygens (including phenoxy) is 1. The lowest BCUT2D eigenvalue weighted by Gasteiger charge is -2.28. The fourth-order valence-corrected chi connectivity index (χ4v) is 2.62. The first-order valence-corrected chi connectivity index (χ1v) is 7.52. The number of hydrogen-bond acceptors (Lipinski definition) is 4. The van der Waals surface area contributed by atoms with Gasteiger partial charge >= 0.3 is 0 Å². The summed E-state index contributed by atoms with van der Waals surface area (Å²) in [6.45, 7) is 5.67. The molecule has 3 rings (SSSR count). The largest absolute Gasteiger partial charge is 0.478 e. The standard InChI is InChI=1S/C17H19N3O2/c1-3-22-16-8-7-13-11-20(10-9-14(13)19-16)17(21)15-6-4-5-12(2)18-15/h4-8H,3,9-11H2,1-2H3. The van der Waals surface area contributed by atoms with Crippen molar-refractivity contribution in [1.29, 1.82) is 0 Å². The number of fused-ring (bicyclic) bond motifs is 1. The second-order valence-corrected chi connectivity index (χ2v) is 5.33. The van der Waals surface area contributed by atoms with Crippen molar-refractivity contribution >= 4 is 5.91 Å². The summed E-state index contributed by atoms with van der Waals surface area (Å²) in [7, 11) is 0. The van der Waals surface area contributed by atoms with Crippen LogP contribution in [0.5, 0.6) is 5.88 Å². The number of amides is 1. The monoisotopic (exact) mass is 297 g/mol. The molecule has 1 aliphatic heterocycles. The highest BCUT2D eigenvalue weighted by molar-refractivity contribution is 5.92. The Balaban J connectivity index is 1.78. The minimum Gasteiger partial charge on any atom is -0.478 e. The molecule has 0 fully saturated rings. The zero-order chi connectivity index (χ0) is 15.5. The van der Waals surface area contributed by atoms with Crippen molar-refractivity contribution in [3.63, 3.8) is 0 Å². The van der Waals surface area contributed by atoms with Crippen LogP contribution >= 0.6 is 0 Å². The van der Waals surface area contributed by atoms with Gasteiger partial charge < -0.3 is 9.64 Å². The third-order valence-corrected chi connectivity index (χ3v) is 3.71. The Bertz CT molecular complexity index is 700. The summed E-state index contributed by atoms with van der Waals surface area (Å²) in [6.07, 6.45) is 0.744. The topological polar surface area (TPSA) is 55.3 Å². The molecular weight excluding hydrogens is 278 g/mol. The Hall–Kier alpha value is -2.43. The highest BCUT2D eigenvalue weighted by atomic mass is 16.5. The second-order valence-electron chi connectivity index (χ2n) is 5.33. The van der Waals surface area contributed by atoms with Crippen LogP contribution in [0.4, 0.5) is 0 Å². The first kappa shape index (κ1) is 14.5. The molecule has 0 N–H and O–H groups in total. The molecule has 2 aromatic rings. The molecule has 0 saturated carbocycles. The van der Waals surface area contributed by atoms with Gasteiger partial charge in [-0.1, -0.05) is 12.1 Å². The van der Waals surface area contributed by atoms with Crippen LogP contribution in [0.2, 0.25) is 0 Å². The minimum absolute atomic E-state index is 0.0248. The Kier molecular flexibility index (Phi) is 4.04. The SMILES string of the molecule is CCOc1ccc2c(n1)CCN(C(=O)c1cccc(C)n1)C2. The Morgan fingerprint density at radius 1 is 1.27 bits per heavy atom. The van der Waals surface area contributed by atoms with Crippen molar-refractivity contribution in [2.45, 2.75) is 26.8 Å². The lowest BCUT2D eigenvalue weighted by atomic mass is 10.1.